The molecule has 0 aliphatic rings. The molecule has 4 amide bonds. The van der Waals surface area contributed by atoms with E-state index >= 15 is 0 Å². The van der Waals surface area contributed by atoms with E-state index in [0.29, 0.717) is 51.6 Å². The van der Waals surface area contributed by atoms with E-state index in [2.05, 4.69) is 179 Å². The van der Waals surface area contributed by atoms with Crippen LogP contribution in [-0.2, 0) is 92.8 Å². The number of pyridine rings is 2. The summed E-state index contributed by atoms with van der Waals surface area (Å²) in [6.07, 6.45) is 12.1. The number of nitrogens with zero attached hydrogens (tertiary/aromatic N) is 4. The van der Waals surface area contributed by atoms with Crippen LogP contribution in [0.2, 0.25) is 0 Å². The average Bonchev–Trinajstić information content (AvgIpc) is 1.64. The van der Waals surface area contributed by atoms with Crippen LogP contribution in [-0.4, -0.2) is 86.3 Å². The minimum absolute atomic E-state index is 0.00200. The molecule has 556 valence electrons. The van der Waals surface area contributed by atoms with Crippen molar-refractivity contribution in [2.45, 2.75) is 182 Å². The fourth-order valence-electron chi connectivity index (χ4n) is 12.2. The number of carbonyl (C=O) groups is 4. The van der Waals surface area contributed by atoms with Crippen molar-refractivity contribution >= 4 is 90.0 Å². The van der Waals surface area contributed by atoms with E-state index in [1.54, 1.807) is 0 Å². The van der Waals surface area contributed by atoms with Crippen LogP contribution in [0.15, 0.2) is 195 Å². The summed E-state index contributed by atoms with van der Waals surface area (Å²) in [5, 5.41) is 52.4. The Kier molecular flexibility index (Phi) is 27.0. The third-order valence-corrected chi connectivity index (χ3v) is 18.4. The van der Waals surface area contributed by atoms with Crippen molar-refractivity contribution < 1.29 is 39.6 Å². The largest absolute Gasteiger partial charge is 0.395 e. The number of fused-ring (bicyclic) bond motifs is 4. The second-order valence-electron chi connectivity index (χ2n) is 31.2. The third kappa shape index (κ3) is 23.2. The first-order valence-corrected chi connectivity index (χ1v) is 36.6. The molecule has 0 fully saturated rings. The molecular formula is C88H106N10O8. The van der Waals surface area contributed by atoms with Gasteiger partial charge in [0.25, 0.3) is 0 Å². The van der Waals surface area contributed by atoms with Crippen molar-refractivity contribution in [3.8, 4) is 0 Å². The van der Waals surface area contributed by atoms with Gasteiger partial charge in [-0.15, -0.1) is 0 Å². The van der Waals surface area contributed by atoms with Gasteiger partial charge in [0.1, 0.15) is 0 Å². The highest BCUT2D eigenvalue weighted by Crippen LogP contribution is 2.29. The van der Waals surface area contributed by atoms with Crippen molar-refractivity contribution in [1.82, 2.24) is 29.1 Å². The van der Waals surface area contributed by atoms with E-state index < -0.39 is 0 Å². The summed E-state index contributed by atoms with van der Waals surface area (Å²) in [6.45, 7) is 27.3. The number of aryl methyl sites for hydroxylation is 4. The summed E-state index contributed by atoms with van der Waals surface area (Å²) in [5.41, 5.74) is 18.2. The lowest BCUT2D eigenvalue weighted by atomic mass is 9.86. The van der Waals surface area contributed by atoms with Crippen LogP contribution >= 0.6 is 0 Å². The molecule has 0 aliphatic carbocycles. The molecule has 0 atom stereocenters. The van der Waals surface area contributed by atoms with Crippen molar-refractivity contribution in [2.24, 2.45) is 0 Å². The Balaban J connectivity index is 0.000000163. The van der Waals surface area contributed by atoms with Gasteiger partial charge in [0.2, 0.25) is 23.6 Å². The maximum atomic E-state index is 12.3. The summed E-state index contributed by atoms with van der Waals surface area (Å²) in [4.78, 5) is 64.3. The first kappa shape index (κ1) is 79.6. The normalized spacial score (nSPS) is 11.7. The third-order valence-electron chi connectivity index (χ3n) is 18.4. The van der Waals surface area contributed by atoms with Gasteiger partial charge in [-0.3, -0.25) is 29.1 Å². The Morgan fingerprint density at radius 2 is 0.670 bits per heavy atom. The first-order valence-electron chi connectivity index (χ1n) is 36.6. The number of carbonyl (C=O) groups excluding carboxylic acids is 4. The highest BCUT2D eigenvalue weighted by Gasteiger charge is 2.19. The Hall–Kier alpha value is -10.5. The molecule has 6 aromatic heterocycles. The van der Waals surface area contributed by atoms with Crippen molar-refractivity contribution in [3.63, 3.8) is 0 Å². The van der Waals surface area contributed by atoms with E-state index in [1.807, 2.05) is 149 Å². The molecule has 0 radical (unpaired) electrons. The molecule has 0 saturated carbocycles. The second-order valence-corrected chi connectivity index (χ2v) is 31.2. The van der Waals surface area contributed by atoms with Gasteiger partial charge in [0.05, 0.1) is 26.4 Å². The lowest BCUT2D eigenvalue weighted by Crippen LogP contribution is -2.14. The molecule has 6 aromatic carbocycles. The zero-order valence-corrected chi connectivity index (χ0v) is 63.6. The van der Waals surface area contributed by atoms with Gasteiger partial charge in [-0.1, -0.05) is 144 Å². The van der Waals surface area contributed by atoms with Crippen LogP contribution in [0.3, 0.4) is 0 Å². The molecule has 6 heterocycles. The standard InChI is InChI=1S/C23H28N2O2.C22H27N3O2.C22H26N2O2.C21H25N3O2/c1-23(2,3)19-7-4-17(5-8-19)6-11-22(27)24-20-9-10-21-18(16-20)12-13-25(21)14-15-26;1-22(2,3)20-8-4-16(15-23-20)5-9-21(27)24-18-6-7-19-17(14-18)10-11-25(19)12-13-26;1-22(2,3)17-7-4-15(5-8-17)6-11-21(26)24-18-9-10-20-16(12-18)13-19(14-25)23-20;1-21(2,3)19-8-4-14(12-22-19)5-9-20(26)24-16-6-7-18-15(10-16)11-17(13-25)23-18/h4-5,7-10,12-13,16,26H,6,11,14-15H2,1-3H3,(H,24,27);4,6-8,10-11,14-15,26H,5,9,12-13H2,1-3H3,(H,24,27);4-5,7-10,12-13,23,25H,6,11,14H2,1-3H3,(H,24,26);4,6-8,10-12,23,25H,5,9,13H2,1-3H3,(H,24,26). The predicted molar refractivity (Wildman–Crippen MR) is 430 cm³/mol. The minimum atomic E-state index is -0.0294. The highest BCUT2D eigenvalue weighted by atomic mass is 16.3. The quantitative estimate of drug-likeness (QED) is 0.0307. The van der Waals surface area contributed by atoms with Gasteiger partial charge in [-0.05, 0) is 179 Å². The molecule has 0 aliphatic heterocycles. The minimum Gasteiger partial charge on any atom is -0.395 e. The molecule has 106 heavy (non-hydrogen) atoms. The van der Waals surface area contributed by atoms with Gasteiger partial charge in [-0.25, -0.2) is 0 Å². The molecule has 0 spiro atoms. The van der Waals surface area contributed by atoms with Gasteiger partial charge in [-0.2, -0.15) is 0 Å². The van der Waals surface area contributed by atoms with Crippen LogP contribution in [0, 0.1) is 0 Å². The summed E-state index contributed by atoms with van der Waals surface area (Å²) in [6, 6.07) is 56.0. The summed E-state index contributed by atoms with van der Waals surface area (Å²) < 4.78 is 4.00. The summed E-state index contributed by atoms with van der Waals surface area (Å²) in [5.74, 6) is -0.0163. The smallest absolute Gasteiger partial charge is 0.224 e. The van der Waals surface area contributed by atoms with Crippen LogP contribution in [0.25, 0.3) is 43.6 Å². The fraction of sp³-hybridized carbons (Fsp3) is 0.341. The number of hydrogen-bond donors (Lipinski definition) is 10. The van der Waals surface area contributed by atoms with Crippen molar-refractivity contribution in [3.05, 3.63) is 251 Å². The maximum Gasteiger partial charge on any atom is 0.224 e. The maximum absolute atomic E-state index is 12.3. The summed E-state index contributed by atoms with van der Waals surface area (Å²) in [7, 11) is 0. The lowest BCUT2D eigenvalue weighted by molar-refractivity contribution is -0.117. The number of aliphatic hydroxyl groups excluding tert-OH is 4. The van der Waals surface area contributed by atoms with E-state index in [4.69, 9.17) is 10.2 Å². The van der Waals surface area contributed by atoms with Crippen molar-refractivity contribution in [2.75, 3.05) is 34.5 Å². The topological polar surface area (TPSA) is 265 Å². The SMILES string of the molecule is CC(C)(C)c1ccc(CCC(=O)Nc2ccc3[nH]c(CO)cc3c2)cc1.CC(C)(C)c1ccc(CCC(=O)Nc2ccc3[nH]c(CO)cc3c2)cn1.CC(C)(C)c1ccc(CCC(=O)Nc2ccc3c(ccn3CCO)c2)cc1.CC(C)(C)c1ccc(CCC(=O)Nc2ccc3c(ccn3CCO)c2)cn1. The van der Waals surface area contributed by atoms with Crippen molar-refractivity contribution in [1.29, 1.82) is 0 Å². The van der Waals surface area contributed by atoms with E-state index in [1.165, 1.54) is 22.3 Å². The van der Waals surface area contributed by atoms with Gasteiger partial charge in [0.15, 0.2) is 0 Å². The number of nitrogens with one attached hydrogen (secondary N) is 6. The fourth-order valence-corrected chi connectivity index (χ4v) is 12.2. The molecule has 0 saturated heterocycles. The first-order chi connectivity index (χ1) is 50.4. The Labute approximate surface area is 623 Å². The molecule has 18 nitrogen and oxygen atoms in total. The molecule has 0 bridgehead atoms. The van der Waals surface area contributed by atoms with Crippen LogP contribution in [0.1, 0.15) is 165 Å². The molecule has 10 N–H and O–H groups in total. The zero-order valence-electron chi connectivity index (χ0n) is 63.6. The van der Waals surface area contributed by atoms with E-state index in [0.717, 1.165) is 113 Å². The number of rotatable bonds is 22. The molecule has 12 rings (SSSR count). The second kappa shape index (κ2) is 36.0. The van der Waals surface area contributed by atoms with E-state index in [-0.39, 0.29) is 71.7 Å². The Bertz CT molecular complexity index is 4570. The molecule has 0 unspecified atom stereocenters. The number of amides is 4. The van der Waals surface area contributed by atoms with Crippen LogP contribution < -0.4 is 21.3 Å². The number of aromatic nitrogens is 6. The highest BCUT2D eigenvalue weighted by molar-refractivity contribution is 5.97. The summed E-state index contributed by atoms with van der Waals surface area (Å²) >= 11 is 0. The Morgan fingerprint density at radius 3 is 0.962 bits per heavy atom. The number of anilines is 4. The number of benzene rings is 6. The number of aromatic amines is 2. The molecular weight excluding hydrogens is 1330 g/mol. The van der Waals surface area contributed by atoms with Crippen LogP contribution in [0.4, 0.5) is 22.7 Å². The van der Waals surface area contributed by atoms with E-state index in [9.17, 15) is 29.4 Å². The average molecular weight is 1430 g/mol. The number of aliphatic hydroxyl groups is 4. The van der Waals surface area contributed by atoms with Gasteiger partial charge in [0, 0.05) is 164 Å². The number of H-pyrrole nitrogens is 2. The lowest BCUT2D eigenvalue weighted by Gasteiger charge is -2.19. The molecule has 18 heteroatoms. The Morgan fingerprint density at radius 1 is 0.358 bits per heavy atom. The predicted octanol–water partition coefficient (Wildman–Crippen LogP) is 16.9. The number of hydrogen-bond acceptors (Lipinski definition) is 10. The van der Waals surface area contributed by atoms with Gasteiger partial charge >= 0.3 is 0 Å². The van der Waals surface area contributed by atoms with Crippen LogP contribution in [0.5, 0.6) is 0 Å². The zero-order chi connectivity index (χ0) is 76.3. The monoisotopic (exact) mass is 1430 g/mol. The van der Waals surface area contributed by atoms with Gasteiger partial charge < -0.3 is 60.8 Å². The molecule has 12 aromatic rings.